The van der Waals surface area contributed by atoms with Gasteiger partial charge in [-0.3, -0.25) is 9.69 Å². The highest BCUT2D eigenvalue weighted by Crippen LogP contribution is 2.49. The first-order valence-electron chi connectivity index (χ1n) is 12.2. The molecule has 0 aromatic heterocycles. The zero-order valence-corrected chi connectivity index (χ0v) is 20.4. The lowest BCUT2D eigenvalue weighted by molar-refractivity contribution is -0.137. The van der Waals surface area contributed by atoms with Crippen LogP contribution in [-0.4, -0.2) is 43.6 Å². The highest BCUT2D eigenvalue weighted by atomic mass is 19.4. The molecule has 2 fully saturated rings. The number of amides is 1. The van der Waals surface area contributed by atoms with Crippen LogP contribution in [0.25, 0.3) is 0 Å². The molecule has 1 heterocycles. The van der Waals surface area contributed by atoms with E-state index in [4.69, 9.17) is 4.74 Å². The largest absolute Gasteiger partial charge is 0.497 e. The van der Waals surface area contributed by atoms with E-state index in [9.17, 15) is 18.0 Å². The molecule has 2 aromatic rings. The number of likely N-dealkylation sites (tertiary alicyclic amines) is 1. The summed E-state index contributed by atoms with van der Waals surface area (Å²) in [6.07, 6.45) is 1.15. The Balaban J connectivity index is 1.49. The maximum absolute atomic E-state index is 12.8. The molecule has 2 aromatic carbocycles. The molecule has 0 radical (unpaired) electrons. The summed E-state index contributed by atoms with van der Waals surface area (Å²) in [7, 11) is 1.67. The average molecular weight is 497 g/mol. The van der Waals surface area contributed by atoms with Gasteiger partial charge in [0.15, 0.2) is 0 Å². The van der Waals surface area contributed by atoms with Crippen molar-refractivity contribution >= 4 is 5.91 Å². The Kier molecular flexibility index (Phi) is 7.75. The molecule has 1 saturated carbocycles. The third-order valence-corrected chi connectivity index (χ3v) is 7.51. The monoisotopic (exact) mass is 496 g/mol. The zero-order chi connectivity index (χ0) is 25.8. The molecule has 1 aliphatic carbocycles. The summed E-state index contributed by atoms with van der Waals surface area (Å²) in [6, 6.07) is 12.7. The molecule has 190 valence electrons. The Hall–Kier alpha value is -3.24. The number of nitrogens with zero attached hydrogens (tertiary/aromatic N) is 1. The predicted octanol–water partition coefficient (Wildman–Crippen LogP) is 5.18. The van der Waals surface area contributed by atoms with Crippen LogP contribution >= 0.6 is 0 Å². The molecule has 0 bridgehead atoms. The van der Waals surface area contributed by atoms with Gasteiger partial charge < -0.3 is 10.1 Å². The smallest absolute Gasteiger partial charge is 0.416 e. The van der Waals surface area contributed by atoms with Crippen molar-refractivity contribution in [2.75, 3.05) is 26.7 Å². The maximum atomic E-state index is 12.8. The second-order valence-corrected chi connectivity index (χ2v) is 9.66. The molecular weight excluding hydrogens is 465 g/mol. The van der Waals surface area contributed by atoms with Crippen molar-refractivity contribution in [2.24, 2.45) is 5.92 Å². The summed E-state index contributed by atoms with van der Waals surface area (Å²) in [4.78, 5) is 15.1. The number of rotatable bonds is 5. The van der Waals surface area contributed by atoms with Crippen molar-refractivity contribution in [1.82, 2.24) is 10.2 Å². The molecule has 1 aliphatic heterocycles. The molecule has 3 atom stereocenters. The van der Waals surface area contributed by atoms with Crippen LogP contribution in [-0.2, 0) is 16.4 Å². The van der Waals surface area contributed by atoms with Gasteiger partial charge in [0, 0.05) is 36.0 Å². The van der Waals surface area contributed by atoms with Crippen LogP contribution in [0.15, 0.2) is 61.2 Å². The van der Waals surface area contributed by atoms with Crippen LogP contribution in [0, 0.1) is 17.8 Å². The van der Waals surface area contributed by atoms with E-state index in [0.29, 0.717) is 11.5 Å². The van der Waals surface area contributed by atoms with Crippen LogP contribution in [0.5, 0.6) is 5.75 Å². The molecule has 1 N–H and O–H groups in total. The van der Waals surface area contributed by atoms with Crippen molar-refractivity contribution in [3.05, 3.63) is 77.9 Å². The van der Waals surface area contributed by atoms with E-state index in [1.54, 1.807) is 7.11 Å². The van der Waals surface area contributed by atoms with Gasteiger partial charge in [-0.1, -0.05) is 24.1 Å². The summed E-state index contributed by atoms with van der Waals surface area (Å²) in [5.74, 6) is 6.09. The van der Waals surface area contributed by atoms with Gasteiger partial charge in [0.05, 0.1) is 12.7 Å². The summed E-state index contributed by atoms with van der Waals surface area (Å²) < 4.78 is 43.8. The zero-order valence-electron chi connectivity index (χ0n) is 20.4. The molecule has 7 heteroatoms. The van der Waals surface area contributed by atoms with Gasteiger partial charge in [-0.05, 0) is 80.1 Å². The minimum Gasteiger partial charge on any atom is -0.497 e. The third-order valence-electron chi connectivity index (χ3n) is 7.51. The first kappa shape index (κ1) is 25.8. The molecule has 1 saturated heterocycles. The lowest BCUT2D eigenvalue weighted by Crippen LogP contribution is -2.56. The van der Waals surface area contributed by atoms with Crippen molar-refractivity contribution in [1.29, 1.82) is 0 Å². The Morgan fingerprint density at radius 3 is 2.72 bits per heavy atom. The fourth-order valence-electron chi connectivity index (χ4n) is 5.72. The molecule has 2 aliphatic rings. The van der Waals surface area contributed by atoms with Gasteiger partial charge in [-0.25, -0.2) is 0 Å². The number of piperidine rings is 1. The Labute approximate surface area is 210 Å². The van der Waals surface area contributed by atoms with E-state index in [1.165, 1.54) is 17.7 Å². The van der Waals surface area contributed by atoms with E-state index in [1.807, 2.05) is 18.2 Å². The lowest BCUT2D eigenvalue weighted by Gasteiger charge is -2.53. The first-order chi connectivity index (χ1) is 17.2. The average Bonchev–Trinajstić information content (AvgIpc) is 2.87. The minimum absolute atomic E-state index is 0.0344. The maximum Gasteiger partial charge on any atom is 0.416 e. The first-order valence-corrected chi connectivity index (χ1v) is 12.2. The molecule has 0 unspecified atom stereocenters. The summed E-state index contributed by atoms with van der Waals surface area (Å²) in [5, 5.41) is 3.06. The number of nitrogens with one attached hydrogen (secondary N) is 1. The van der Waals surface area contributed by atoms with Gasteiger partial charge in [0.2, 0.25) is 0 Å². The Morgan fingerprint density at radius 1 is 1.25 bits per heavy atom. The van der Waals surface area contributed by atoms with Crippen molar-refractivity contribution in [3.8, 4) is 17.6 Å². The van der Waals surface area contributed by atoms with E-state index in [-0.39, 0.29) is 11.5 Å². The third kappa shape index (κ3) is 5.76. The number of halogens is 3. The van der Waals surface area contributed by atoms with E-state index < -0.39 is 17.6 Å². The summed E-state index contributed by atoms with van der Waals surface area (Å²) in [6.45, 7) is 6.69. The second kappa shape index (κ2) is 10.8. The van der Waals surface area contributed by atoms with Gasteiger partial charge in [0.25, 0.3) is 5.91 Å². The predicted molar refractivity (Wildman–Crippen MR) is 134 cm³/mol. The Bertz CT molecular complexity index is 1150. The SMILES string of the molecule is C=CCN1CC[C@@]2(c3cccc(OC)c3)C[C@H](NC(=O)C#Cc3ccc(C(F)(F)F)cc3)CC[C@@H]2C1. The van der Waals surface area contributed by atoms with E-state index >= 15 is 0 Å². The van der Waals surface area contributed by atoms with Crippen molar-refractivity contribution in [3.63, 3.8) is 0 Å². The number of carbonyl (C=O) groups is 1. The number of fused-ring (bicyclic) bond motifs is 1. The van der Waals surface area contributed by atoms with Gasteiger partial charge >= 0.3 is 6.18 Å². The summed E-state index contributed by atoms with van der Waals surface area (Å²) in [5.41, 5.74) is 0.781. The van der Waals surface area contributed by atoms with Gasteiger partial charge in [-0.15, -0.1) is 6.58 Å². The van der Waals surface area contributed by atoms with Crippen molar-refractivity contribution < 1.29 is 22.7 Å². The topological polar surface area (TPSA) is 41.6 Å². The molecule has 36 heavy (non-hydrogen) atoms. The van der Waals surface area contributed by atoms with Crippen LogP contribution in [0.4, 0.5) is 13.2 Å². The fourth-order valence-corrected chi connectivity index (χ4v) is 5.72. The Morgan fingerprint density at radius 2 is 2.03 bits per heavy atom. The van der Waals surface area contributed by atoms with Gasteiger partial charge in [-0.2, -0.15) is 13.2 Å². The molecule has 1 amide bonds. The minimum atomic E-state index is -4.40. The molecule has 4 rings (SSSR count). The number of hydrogen-bond acceptors (Lipinski definition) is 3. The quantitative estimate of drug-likeness (QED) is 0.458. The van der Waals surface area contributed by atoms with Crippen LogP contribution in [0.1, 0.15) is 42.4 Å². The second-order valence-electron chi connectivity index (χ2n) is 9.66. The number of alkyl halides is 3. The number of hydrogen-bond donors (Lipinski definition) is 1. The number of carbonyl (C=O) groups excluding carboxylic acids is 1. The summed E-state index contributed by atoms with van der Waals surface area (Å²) >= 11 is 0. The van der Waals surface area contributed by atoms with Crippen LogP contribution in [0.2, 0.25) is 0 Å². The normalized spacial score (nSPS) is 24.1. The number of benzene rings is 2. The number of ether oxygens (including phenoxy) is 1. The highest BCUT2D eigenvalue weighted by Gasteiger charge is 2.48. The lowest BCUT2D eigenvalue weighted by atomic mass is 9.58. The fraction of sp³-hybridized carbons (Fsp3) is 0.414. The van der Waals surface area contributed by atoms with Crippen LogP contribution in [0.3, 0.4) is 0 Å². The van der Waals surface area contributed by atoms with Crippen LogP contribution < -0.4 is 10.1 Å². The van der Waals surface area contributed by atoms with E-state index in [2.05, 4.69) is 40.8 Å². The molecule has 4 nitrogen and oxygen atoms in total. The van der Waals surface area contributed by atoms with E-state index in [0.717, 1.165) is 63.2 Å². The standard InChI is InChI=1S/C29H31F3N2O2/c1-3-16-34-17-15-28(23-5-4-6-26(18-23)36-2)19-25(13-12-24(28)20-34)33-27(35)14-9-21-7-10-22(11-8-21)29(30,31)32/h3-8,10-11,18,24-25H,1,12-13,15-17,19-20H2,2H3,(H,33,35)/t24-,25-,28+/m1/s1. The van der Waals surface area contributed by atoms with Gasteiger partial charge in [0.1, 0.15) is 5.75 Å². The highest BCUT2D eigenvalue weighted by molar-refractivity contribution is 5.94. The number of methoxy groups -OCH3 is 1. The molecular formula is C29H31F3N2O2. The van der Waals surface area contributed by atoms with Crippen molar-refractivity contribution in [2.45, 2.75) is 43.3 Å². The molecule has 0 spiro atoms.